The Balaban J connectivity index is 2.34. The van der Waals surface area contributed by atoms with Gasteiger partial charge in [0.15, 0.2) is 0 Å². The summed E-state index contributed by atoms with van der Waals surface area (Å²) < 4.78 is 5.31. The van der Waals surface area contributed by atoms with Crippen molar-refractivity contribution in [3.63, 3.8) is 0 Å². The van der Waals surface area contributed by atoms with Gasteiger partial charge in [-0.2, -0.15) is 0 Å². The zero-order valence-electron chi connectivity index (χ0n) is 9.82. The molecule has 1 aliphatic carbocycles. The van der Waals surface area contributed by atoms with Crippen molar-refractivity contribution < 1.29 is 9.53 Å². The number of allylic oxidation sites excluding steroid dienone is 3. The highest BCUT2D eigenvalue weighted by Crippen LogP contribution is 2.22. The molecular weight excluding hydrogens is 188 g/mol. The van der Waals surface area contributed by atoms with Gasteiger partial charge in [-0.15, -0.1) is 0 Å². The van der Waals surface area contributed by atoms with Gasteiger partial charge in [-0.1, -0.05) is 31.2 Å². The molecule has 0 saturated heterocycles. The first-order chi connectivity index (χ1) is 7.06. The van der Waals surface area contributed by atoms with Gasteiger partial charge in [0.05, 0.1) is 12.0 Å². The predicted molar refractivity (Wildman–Crippen MR) is 61.4 cm³/mol. The molecule has 0 amide bonds. The van der Waals surface area contributed by atoms with E-state index in [2.05, 4.69) is 12.2 Å². The van der Waals surface area contributed by atoms with Gasteiger partial charge in [0.25, 0.3) is 0 Å². The Hall–Kier alpha value is -1.05. The Morgan fingerprint density at radius 3 is 2.73 bits per heavy atom. The van der Waals surface area contributed by atoms with E-state index in [9.17, 15) is 4.79 Å². The van der Waals surface area contributed by atoms with Gasteiger partial charge in [-0.25, -0.2) is 0 Å². The van der Waals surface area contributed by atoms with Crippen LogP contribution in [0.4, 0.5) is 0 Å². The predicted octanol–water partition coefficient (Wildman–Crippen LogP) is 3.10. The molecule has 0 aromatic carbocycles. The van der Waals surface area contributed by atoms with E-state index in [0.29, 0.717) is 12.5 Å². The average Bonchev–Trinajstić information content (AvgIpc) is 2.27. The van der Waals surface area contributed by atoms with E-state index in [1.54, 1.807) is 0 Å². The lowest BCUT2D eigenvalue weighted by Gasteiger charge is -2.22. The van der Waals surface area contributed by atoms with Crippen molar-refractivity contribution in [2.24, 2.45) is 11.3 Å². The molecule has 0 aliphatic heterocycles. The smallest absolute Gasteiger partial charge is 0.311 e. The van der Waals surface area contributed by atoms with E-state index in [1.165, 1.54) is 0 Å². The third kappa shape index (κ3) is 3.54. The zero-order chi connectivity index (χ0) is 11.3. The lowest BCUT2D eigenvalue weighted by Crippen LogP contribution is -2.27. The minimum absolute atomic E-state index is 0.0899. The number of ether oxygens (including phenoxy) is 1. The molecule has 2 heteroatoms. The van der Waals surface area contributed by atoms with Crippen LogP contribution in [0.15, 0.2) is 24.3 Å². The van der Waals surface area contributed by atoms with E-state index in [-0.39, 0.29) is 11.4 Å². The molecule has 0 aromatic rings. The van der Waals surface area contributed by atoms with Gasteiger partial charge >= 0.3 is 5.97 Å². The molecule has 1 atom stereocenters. The van der Waals surface area contributed by atoms with Crippen LogP contribution in [0.25, 0.3) is 0 Å². The number of hydrogen-bond acceptors (Lipinski definition) is 2. The van der Waals surface area contributed by atoms with E-state index < -0.39 is 0 Å². The molecule has 1 unspecified atom stereocenters. The Morgan fingerprint density at radius 2 is 2.20 bits per heavy atom. The van der Waals surface area contributed by atoms with E-state index in [1.807, 2.05) is 32.9 Å². The maximum Gasteiger partial charge on any atom is 0.311 e. The molecule has 15 heavy (non-hydrogen) atoms. The highest BCUT2D eigenvalue weighted by atomic mass is 16.5. The Bertz CT molecular complexity index is 274. The summed E-state index contributed by atoms with van der Waals surface area (Å²) in [5.41, 5.74) is -0.353. The summed E-state index contributed by atoms with van der Waals surface area (Å²) in [6.07, 6.45) is 10.00. The lowest BCUT2D eigenvalue weighted by molar-refractivity contribution is -0.155. The summed E-state index contributed by atoms with van der Waals surface area (Å²) in [5.74, 6) is 0.263. The van der Waals surface area contributed by atoms with Crippen LogP contribution >= 0.6 is 0 Å². The fraction of sp³-hybridized carbons (Fsp3) is 0.615. The van der Waals surface area contributed by atoms with Crippen LogP contribution < -0.4 is 0 Å². The Kier molecular flexibility index (Phi) is 4.13. The third-order valence-corrected chi connectivity index (χ3v) is 2.93. The molecule has 2 nitrogen and oxygen atoms in total. The minimum atomic E-state index is -0.353. The molecular formula is C13H20O2. The van der Waals surface area contributed by atoms with Crippen LogP contribution in [-0.2, 0) is 9.53 Å². The van der Waals surface area contributed by atoms with Crippen LogP contribution in [0.3, 0.4) is 0 Å². The minimum Gasteiger partial charge on any atom is -0.465 e. The molecule has 0 N–H and O–H groups in total. The quantitative estimate of drug-likeness (QED) is 0.664. The highest BCUT2D eigenvalue weighted by molar-refractivity contribution is 5.75. The van der Waals surface area contributed by atoms with Crippen LogP contribution in [0.2, 0.25) is 0 Å². The van der Waals surface area contributed by atoms with Gasteiger partial charge in [-0.3, -0.25) is 4.79 Å². The molecule has 1 rings (SSSR count). The molecule has 0 fully saturated rings. The van der Waals surface area contributed by atoms with Crippen molar-refractivity contribution in [1.29, 1.82) is 0 Å². The van der Waals surface area contributed by atoms with Gasteiger partial charge in [0.2, 0.25) is 0 Å². The van der Waals surface area contributed by atoms with E-state index in [0.717, 1.165) is 12.8 Å². The van der Waals surface area contributed by atoms with Crippen molar-refractivity contribution in [2.75, 3.05) is 6.61 Å². The van der Waals surface area contributed by atoms with Crippen LogP contribution in [0, 0.1) is 11.3 Å². The first-order valence-corrected chi connectivity index (χ1v) is 5.57. The number of carbonyl (C=O) groups is 1. The van der Waals surface area contributed by atoms with Crippen LogP contribution in [-0.4, -0.2) is 12.6 Å². The fourth-order valence-electron chi connectivity index (χ4n) is 1.28. The number of rotatable bonds is 4. The average molecular weight is 208 g/mol. The number of esters is 1. The van der Waals surface area contributed by atoms with Crippen molar-refractivity contribution in [3.05, 3.63) is 24.3 Å². The zero-order valence-corrected chi connectivity index (χ0v) is 9.82. The Morgan fingerprint density at radius 1 is 1.47 bits per heavy atom. The van der Waals surface area contributed by atoms with Crippen molar-refractivity contribution in [1.82, 2.24) is 0 Å². The first-order valence-electron chi connectivity index (χ1n) is 5.57. The second kappa shape index (κ2) is 5.15. The largest absolute Gasteiger partial charge is 0.465 e. The molecule has 0 aromatic heterocycles. The summed E-state index contributed by atoms with van der Waals surface area (Å²) >= 11 is 0. The SMILES string of the molecule is CCC(C)(C)C(=O)OCC1C=CC=CC1. The summed E-state index contributed by atoms with van der Waals surface area (Å²) in [6.45, 7) is 6.35. The van der Waals surface area contributed by atoms with Gasteiger partial charge < -0.3 is 4.74 Å². The second-order valence-corrected chi connectivity index (χ2v) is 4.64. The van der Waals surface area contributed by atoms with Gasteiger partial charge in [-0.05, 0) is 26.7 Å². The van der Waals surface area contributed by atoms with Gasteiger partial charge in [0.1, 0.15) is 0 Å². The standard InChI is InChI=1S/C13H20O2/c1-4-13(2,3)12(14)15-10-11-8-6-5-7-9-11/h5-8,11H,4,9-10H2,1-3H3. The van der Waals surface area contributed by atoms with Gasteiger partial charge in [0, 0.05) is 5.92 Å². The van der Waals surface area contributed by atoms with Crippen LogP contribution in [0.5, 0.6) is 0 Å². The van der Waals surface area contributed by atoms with E-state index in [4.69, 9.17) is 4.74 Å². The molecule has 84 valence electrons. The second-order valence-electron chi connectivity index (χ2n) is 4.64. The Labute approximate surface area is 92.0 Å². The summed E-state index contributed by atoms with van der Waals surface area (Å²) in [5, 5.41) is 0. The normalized spacial score (nSPS) is 20.3. The van der Waals surface area contributed by atoms with Crippen LogP contribution in [0.1, 0.15) is 33.6 Å². The molecule has 0 heterocycles. The molecule has 1 aliphatic rings. The van der Waals surface area contributed by atoms with Crippen molar-refractivity contribution in [3.8, 4) is 0 Å². The monoisotopic (exact) mass is 208 g/mol. The molecule has 0 bridgehead atoms. The highest BCUT2D eigenvalue weighted by Gasteiger charge is 2.27. The van der Waals surface area contributed by atoms with Crippen molar-refractivity contribution >= 4 is 5.97 Å². The molecule has 0 radical (unpaired) electrons. The number of hydrogen-bond donors (Lipinski definition) is 0. The number of carbonyl (C=O) groups excluding carboxylic acids is 1. The summed E-state index contributed by atoms with van der Waals surface area (Å²) in [6, 6.07) is 0. The maximum atomic E-state index is 11.7. The topological polar surface area (TPSA) is 26.3 Å². The summed E-state index contributed by atoms with van der Waals surface area (Å²) in [7, 11) is 0. The lowest BCUT2D eigenvalue weighted by atomic mass is 9.90. The molecule has 0 spiro atoms. The van der Waals surface area contributed by atoms with E-state index >= 15 is 0 Å². The summed E-state index contributed by atoms with van der Waals surface area (Å²) in [4.78, 5) is 11.7. The first kappa shape index (κ1) is 12.0. The maximum absolute atomic E-state index is 11.7. The third-order valence-electron chi connectivity index (χ3n) is 2.93. The molecule has 0 saturated carbocycles. The fourth-order valence-corrected chi connectivity index (χ4v) is 1.28. The van der Waals surface area contributed by atoms with Crippen molar-refractivity contribution in [2.45, 2.75) is 33.6 Å².